The van der Waals surface area contributed by atoms with Crippen LogP contribution in [0.5, 0.6) is 0 Å². The third-order valence-corrected chi connectivity index (χ3v) is 3.76. The maximum absolute atomic E-state index is 12.1. The lowest BCUT2D eigenvalue weighted by molar-refractivity contribution is 0.0601. The average Bonchev–Trinajstić information content (AvgIpc) is 2.92. The Hall–Kier alpha value is -2.59. The monoisotopic (exact) mass is 295 g/mol. The fraction of sp³-hybridized carbons (Fsp3) is 0.167. The first-order chi connectivity index (χ1) is 10.7. The van der Waals surface area contributed by atoms with E-state index >= 15 is 0 Å². The highest BCUT2D eigenvalue weighted by Crippen LogP contribution is 2.27. The lowest BCUT2D eigenvalue weighted by atomic mass is 10.0. The molecule has 22 heavy (non-hydrogen) atoms. The van der Waals surface area contributed by atoms with Crippen molar-refractivity contribution in [2.24, 2.45) is 0 Å². The Kier molecular flexibility index (Phi) is 3.94. The second-order valence-electron chi connectivity index (χ2n) is 5.15. The number of aliphatic hydroxyl groups excluding tert-OH is 1. The van der Waals surface area contributed by atoms with Gasteiger partial charge in [-0.3, -0.25) is 0 Å². The van der Waals surface area contributed by atoms with Crippen molar-refractivity contribution in [2.45, 2.75) is 12.5 Å². The van der Waals surface area contributed by atoms with E-state index in [1.807, 2.05) is 54.6 Å². The van der Waals surface area contributed by atoms with Crippen LogP contribution in [0.25, 0.3) is 10.9 Å². The zero-order chi connectivity index (χ0) is 15.5. The van der Waals surface area contributed by atoms with Gasteiger partial charge in [-0.2, -0.15) is 0 Å². The van der Waals surface area contributed by atoms with Gasteiger partial charge in [0, 0.05) is 23.0 Å². The summed E-state index contributed by atoms with van der Waals surface area (Å²) in [5.41, 5.74) is 2.85. The second kappa shape index (κ2) is 6.03. The molecule has 1 aromatic heterocycles. The minimum Gasteiger partial charge on any atom is -0.465 e. The molecule has 0 radical (unpaired) electrons. The van der Waals surface area contributed by atoms with Crippen LogP contribution in [0.1, 0.15) is 27.7 Å². The number of ether oxygens (including phenoxy) is 1. The molecule has 4 nitrogen and oxygen atoms in total. The summed E-state index contributed by atoms with van der Waals surface area (Å²) in [6.45, 7) is 0. The van der Waals surface area contributed by atoms with Crippen LogP contribution in [0.3, 0.4) is 0 Å². The first-order valence-electron chi connectivity index (χ1n) is 7.11. The zero-order valence-corrected chi connectivity index (χ0v) is 12.2. The third kappa shape index (κ3) is 2.61. The number of aromatic amines is 1. The Labute approximate surface area is 128 Å². The molecule has 0 saturated carbocycles. The number of fused-ring (bicyclic) bond motifs is 1. The Bertz CT molecular complexity index is 792. The normalized spacial score (nSPS) is 12.3. The molecule has 3 aromatic rings. The molecule has 2 aromatic carbocycles. The SMILES string of the molecule is COC(=O)c1c(CC(O)c2ccccc2)[nH]c2ccccc12. The average molecular weight is 295 g/mol. The molecular weight excluding hydrogens is 278 g/mol. The van der Waals surface area contributed by atoms with Gasteiger partial charge in [-0.25, -0.2) is 4.79 Å². The number of para-hydroxylation sites is 1. The van der Waals surface area contributed by atoms with Crippen LogP contribution in [-0.2, 0) is 11.2 Å². The summed E-state index contributed by atoms with van der Waals surface area (Å²) in [5.74, 6) is -0.396. The highest BCUT2D eigenvalue weighted by Gasteiger charge is 2.21. The van der Waals surface area contributed by atoms with Gasteiger partial charge < -0.3 is 14.8 Å². The number of carbonyl (C=O) groups is 1. The lowest BCUT2D eigenvalue weighted by Gasteiger charge is -2.11. The fourth-order valence-corrected chi connectivity index (χ4v) is 2.67. The highest BCUT2D eigenvalue weighted by atomic mass is 16.5. The van der Waals surface area contributed by atoms with Crippen LogP contribution < -0.4 is 0 Å². The van der Waals surface area contributed by atoms with Crippen LogP contribution >= 0.6 is 0 Å². The van der Waals surface area contributed by atoms with E-state index in [0.717, 1.165) is 16.5 Å². The van der Waals surface area contributed by atoms with Gasteiger partial charge in [-0.05, 0) is 11.6 Å². The van der Waals surface area contributed by atoms with Gasteiger partial charge in [0.25, 0.3) is 0 Å². The van der Waals surface area contributed by atoms with Crippen LogP contribution in [0.2, 0.25) is 0 Å². The van der Waals surface area contributed by atoms with E-state index in [9.17, 15) is 9.90 Å². The smallest absolute Gasteiger partial charge is 0.340 e. The fourth-order valence-electron chi connectivity index (χ4n) is 2.67. The van der Waals surface area contributed by atoms with Crippen LogP contribution in [0.4, 0.5) is 0 Å². The van der Waals surface area contributed by atoms with Crippen molar-refractivity contribution in [3.05, 3.63) is 71.4 Å². The third-order valence-electron chi connectivity index (χ3n) is 3.76. The number of carbonyl (C=O) groups excluding carboxylic acids is 1. The summed E-state index contributed by atoms with van der Waals surface area (Å²) in [7, 11) is 1.36. The van der Waals surface area contributed by atoms with E-state index in [0.29, 0.717) is 17.7 Å². The molecule has 0 aliphatic carbocycles. The first-order valence-corrected chi connectivity index (χ1v) is 7.11. The van der Waals surface area contributed by atoms with Crippen molar-refractivity contribution in [1.82, 2.24) is 4.98 Å². The van der Waals surface area contributed by atoms with Gasteiger partial charge >= 0.3 is 5.97 Å². The number of esters is 1. The van der Waals surface area contributed by atoms with Gasteiger partial charge in [0.05, 0.1) is 18.8 Å². The van der Waals surface area contributed by atoms with Crippen molar-refractivity contribution in [1.29, 1.82) is 0 Å². The van der Waals surface area contributed by atoms with E-state index in [2.05, 4.69) is 4.98 Å². The van der Waals surface area contributed by atoms with Crippen molar-refractivity contribution in [3.63, 3.8) is 0 Å². The number of benzene rings is 2. The number of rotatable bonds is 4. The number of hydrogen-bond donors (Lipinski definition) is 2. The van der Waals surface area contributed by atoms with Crippen LogP contribution in [-0.4, -0.2) is 23.2 Å². The summed E-state index contributed by atoms with van der Waals surface area (Å²) in [6.07, 6.45) is -0.360. The lowest BCUT2D eigenvalue weighted by Crippen LogP contribution is -2.08. The van der Waals surface area contributed by atoms with Crippen LogP contribution in [0.15, 0.2) is 54.6 Å². The number of aromatic nitrogens is 1. The molecule has 1 unspecified atom stereocenters. The van der Waals surface area contributed by atoms with E-state index in [-0.39, 0.29) is 0 Å². The number of methoxy groups -OCH3 is 1. The number of aliphatic hydroxyl groups is 1. The molecule has 1 atom stereocenters. The predicted molar refractivity (Wildman–Crippen MR) is 84.7 cm³/mol. The van der Waals surface area contributed by atoms with E-state index in [4.69, 9.17) is 4.74 Å². The van der Waals surface area contributed by atoms with Gasteiger partial charge in [0.1, 0.15) is 0 Å². The minimum absolute atomic E-state index is 0.323. The zero-order valence-electron chi connectivity index (χ0n) is 12.2. The molecule has 0 saturated heterocycles. The Balaban J connectivity index is 2.01. The van der Waals surface area contributed by atoms with Gasteiger partial charge in [0.2, 0.25) is 0 Å². The molecule has 2 N–H and O–H groups in total. The van der Waals surface area contributed by atoms with Gasteiger partial charge in [-0.1, -0.05) is 48.5 Å². The summed E-state index contributed by atoms with van der Waals surface area (Å²) >= 11 is 0. The Morgan fingerprint density at radius 1 is 1.14 bits per heavy atom. The quantitative estimate of drug-likeness (QED) is 0.726. The van der Waals surface area contributed by atoms with Gasteiger partial charge in [-0.15, -0.1) is 0 Å². The number of H-pyrrole nitrogens is 1. The number of nitrogens with one attached hydrogen (secondary N) is 1. The van der Waals surface area contributed by atoms with E-state index in [1.165, 1.54) is 7.11 Å². The molecule has 4 heteroatoms. The Morgan fingerprint density at radius 2 is 1.82 bits per heavy atom. The Morgan fingerprint density at radius 3 is 2.55 bits per heavy atom. The molecule has 0 amide bonds. The van der Waals surface area contributed by atoms with Crippen molar-refractivity contribution in [2.75, 3.05) is 7.11 Å². The van der Waals surface area contributed by atoms with Crippen molar-refractivity contribution >= 4 is 16.9 Å². The molecule has 0 spiro atoms. The molecular formula is C18H17NO3. The second-order valence-corrected chi connectivity index (χ2v) is 5.15. The maximum atomic E-state index is 12.1. The summed E-state index contributed by atoms with van der Waals surface area (Å²) in [4.78, 5) is 15.3. The molecule has 0 bridgehead atoms. The molecule has 3 rings (SSSR count). The highest BCUT2D eigenvalue weighted by molar-refractivity contribution is 6.05. The maximum Gasteiger partial charge on any atom is 0.340 e. The minimum atomic E-state index is -0.683. The largest absolute Gasteiger partial charge is 0.465 e. The molecule has 0 fully saturated rings. The topological polar surface area (TPSA) is 62.3 Å². The standard InChI is InChI=1S/C18H17NO3/c1-22-18(21)17-13-9-5-6-10-14(13)19-15(17)11-16(20)12-7-3-2-4-8-12/h2-10,16,19-20H,11H2,1H3. The summed E-state index contributed by atoms with van der Waals surface area (Å²) in [5, 5.41) is 11.2. The van der Waals surface area contributed by atoms with Crippen LogP contribution in [0, 0.1) is 0 Å². The first kappa shape index (κ1) is 14.4. The van der Waals surface area contributed by atoms with Crippen molar-refractivity contribution < 1.29 is 14.6 Å². The molecule has 0 aliphatic rings. The molecule has 0 aliphatic heterocycles. The number of hydrogen-bond acceptors (Lipinski definition) is 3. The van der Waals surface area contributed by atoms with Gasteiger partial charge in [0.15, 0.2) is 0 Å². The van der Waals surface area contributed by atoms with E-state index < -0.39 is 12.1 Å². The predicted octanol–water partition coefficient (Wildman–Crippen LogP) is 3.23. The summed E-state index contributed by atoms with van der Waals surface area (Å²) < 4.78 is 4.89. The molecule has 112 valence electrons. The van der Waals surface area contributed by atoms with E-state index in [1.54, 1.807) is 0 Å². The van der Waals surface area contributed by atoms with Crippen molar-refractivity contribution in [3.8, 4) is 0 Å². The summed E-state index contributed by atoms with van der Waals surface area (Å²) in [6, 6.07) is 16.9. The molecule has 1 heterocycles.